The smallest absolute Gasteiger partial charge is 0.140 e. The van der Waals surface area contributed by atoms with Gasteiger partial charge in [-0.3, -0.25) is 0 Å². The molecule has 0 aliphatic heterocycles. The van der Waals surface area contributed by atoms with Crippen molar-refractivity contribution in [2.24, 2.45) is 0 Å². The van der Waals surface area contributed by atoms with Gasteiger partial charge >= 0.3 is 0 Å². The third-order valence-corrected chi connectivity index (χ3v) is 4.20. The molecule has 0 aliphatic rings. The second-order valence-corrected chi connectivity index (χ2v) is 5.62. The molecule has 0 fully saturated rings. The van der Waals surface area contributed by atoms with Gasteiger partial charge in [-0.05, 0) is 35.7 Å². The molecule has 0 amide bonds. The van der Waals surface area contributed by atoms with Gasteiger partial charge in [0.25, 0.3) is 0 Å². The molecule has 0 bridgehead atoms. The molecule has 5 heteroatoms. The predicted molar refractivity (Wildman–Crippen MR) is 84.7 cm³/mol. The molecular formula is C15H9Cl3N2. The Bertz CT molecular complexity index is 816. The summed E-state index contributed by atoms with van der Waals surface area (Å²) in [6.07, 6.45) is 1.47. The maximum atomic E-state index is 6.24. The van der Waals surface area contributed by atoms with E-state index >= 15 is 0 Å². The summed E-state index contributed by atoms with van der Waals surface area (Å²) >= 11 is 18.3. The lowest BCUT2D eigenvalue weighted by Gasteiger charge is -2.10. The molecule has 1 aromatic heterocycles. The summed E-state index contributed by atoms with van der Waals surface area (Å²) in [6.45, 7) is 1.99. The van der Waals surface area contributed by atoms with Gasteiger partial charge in [0.15, 0.2) is 0 Å². The molecule has 0 spiro atoms. The van der Waals surface area contributed by atoms with E-state index in [9.17, 15) is 0 Å². The second-order valence-electron chi connectivity index (χ2n) is 4.45. The minimum Gasteiger partial charge on any atom is -0.236 e. The first-order valence-corrected chi connectivity index (χ1v) is 7.06. The third kappa shape index (κ3) is 2.24. The lowest BCUT2D eigenvalue weighted by atomic mass is 9.99. The van der Waals surface area contributed by atoms with Crippen molar-refractivity contribution in [2.75, 3.05) is 0 Å². The monoisotopic (exact) mass is 322 g/mol. The molecule has 0 saturated carbocycles. The predicted octanol–water partition coefficient (Wildman–Crippen LogP) is 5.57. The first-order valence-electron chi connectivity index (χ1n) is 5.93. The highest BCUT2D eigenvalue weighted by Gasteiger charge is 2.12. The molecule has 2 aromatic carbocycles. The van der Waals surface area contributed by atoms with Crippen molar-refractivity contribution in [3.05, 3.63) is 57.4 Å². The van der Waals surface area contributed by atoms with E-state index in [4.69, 9.17) is 34.8 Å². The number of halogens is 3. The average Bonchev–Trinajstić information content (AvgIpc) is 2.43. The zero-order valence-corrected chi connectivity index (χ0v) is 12.8. The number of aromatic nitrogens is 2. The summed E-state index contributed by atoms with van der Waals surface area (Å²) in [5.74, 6) is 0. The molecule has 100 valence electrons. The number of aryl methyl sites for hydroxylation is 1. The molecule has 0 atom stereocenters. The van der Waals surface area contributed by atoms with E-state index in [0.29, 0.717) is 15.2 Å². The maximum absolute atomic E-state index is 6.24. The number of benzene rings is 2. The van der Waals surface area contributed by atoms with Gasteiger partial charge in [-0.1, -0.05) is 53.0 Å². The zero-order valence-electron chi connectivity index (χ0n) is 10.5. The Balaban J connectivity index is 2.36. The van der Waals surface area contributed by atoms with Gasteiger partial charge in [0.05, 0.1) is 15.6 Å². The Hall–Kier alpha value is -1.35. The highest BCUT2D eigenvalue weighted by Crippen LogP contribution is 2.35. The van der Waals surface area contributed by atoms with E-state index in [1.165, 1.54) is 6.33 Å². The first kappa shape index (κ1) is 13.6. The van der Waals surface area contributed by atoms with Gasteiger partial charge in [0.1, 0.15) is 11.5 Å². The van der Waals surface area contributed by atoms with Crippen LogP contribution in [0.3, 0.4) is 0 Å². The summed E-state index contributed by atoms with van der Waals surface area (Å²) in [5, 5.41) is 2.28. The molecule has 3 rings (SSSR count). The number of rotatable bonds is 1. The van der Waals surface area contributed by atoms with Gasteiger partial charge in [-0.15, -0.1) is 0 Å². The minimum atomic E-state index is 0.430. The summed E-state index contributed by atoms with van der Waals surface area (Å²) in [5.41, 5.74) is 3.76. The number of nitrogens with zero attached hydrogens (tertiary/aromatic N) is 2. The number of hydrogen-bond acceptors (Lipinski definition) is 2. The summed E-state index contributed by atoms with van der Waals surface area (Å²) < 4.78 is 0. The molecule has 20 heavy (non-hydrogen) atoms. The van der Waals surface area contributed by atoms with Crippen molar-refractivity contribution < 1.29 is 0 Å². The van der Waals surface area contributed by atoms with Crippen LogP contribution >= 0.6 is 34.8 Å². The largest absolute Gasteiger partial charge is 0.236 e. The molecule has 0 unspecified atom stereocenters. The second kappa shape index (κ2) is 5.21. The molecule has 3 aromatic rings. The topological polar surface area (TPSA) is 25.8 Å². The molecule has 0 N–H and O–H groups in total. The van der Waals surface area contributed by atoms with E-state index < -0.39 is 0 Å². The average molecular weight is 324 g/mol. The van der Waals surface area contributed by atoms with Crippen LogP contribution in [0.25, 0.3) is 22.0 Å². The third-order valence-electron chi connectivity index (χ3n) is 3.17. The van der Waals surface area contributed by atoms with Crippen LogP contribution in [0.5, 0.6) is 0 Å². The Morgan fingerprint density at radius 3 is 2.45 bits per heavy atom. The normalized spacial score (nSPS) is 11.0. The van der Waals surface area contributed by atoms with E-state index in [0.717, 1.165) is 27.6 Å². The van der Waals surface area contributed by atoms with Crippen molar-refractivity contribution >= 4 is 45.7 Å². The van der Waals surface area contributed by atoms with E-state index in [2.05, 4.69) is 9.97 Å². The Kier molecular flexibility index (Phi) is 3.55. The molecule has 0 radical (unpaired) electrons. The van der Waals surface area contributed by atoms with Crippen LogP contribution in [0.1, 0.15) is 5.56 Å². The van der Waals surface area contributed by atoms with Crippen LogP contribution in [-0.2, 0) is 0 Å². The van der Waals surface area contributed by atoms with Crippen LogP contribution in [0.4, 0.5) is 0 Å². The van der Waals surface area contributed by atoms with Crippen LogP contribution in [-0.4, -0.2) is 9.97 Å². The lowest BCUT2D eigenvalue weighted by Crippen LogP contribution is -1.91. The molecular weight excluding hydrogens is 315 g/mol. The highest BCUT2D eigenvalue weighted by atomic mass is 35.5. The minimum absolute atomic E-state index is 0.430. The Morgan fingerprint density at radius 2 is 1.70 bits per heavy atom. The number of hydrogen-bond donors (Lipinski definition) is 0. The van der Waals surface area contributed by atoms with Crippen molar-refractivity contribution in [1.29, 1.82) is 0 Å². The zero-order chi connectivity index (χ0) is 14.3. The van der Waals surface area contributed by atoms with Crippen LogP contribution < -0.4 is 0 Å². The Labute approximate surface area is 131 Å². The van der Waals surface area contributed by atoms with Crippen LogP contribution in [0, 0.1) is 6.92 Å². The fraction of sp³-hybridized carbons (Fsp3) is 0.0667. The Morgan fingerprint density at radius 1 is 0.900 bits per heavy atom. The first-order chi connectivity index (χ1) is 9.58. The van der Waals surface area contributed by atoms with Crippen molar-refractivity contribution in [2.45, 2.75) is 6.92 Å². The standard InChI is InChI=1S/C15H9Cl3N2/c1-8-2-4-10(9-3-5-11(16)12(17)6-9)13-14(8)19-7-20-15(13)18/h2-7H,1H3. The van der Waals surface area contributed by atoms with Crippen LogP contribution in [0.15, 0.2) is 36.7 Å². The fourth-order valence-corrected chi connectivity index (χ4v) is 2.71. The molecule has 0 aliphatic carbocycles. The van der Waals surface area contributed by atoms with E-state index in [-0.39, 0.29) is 0 Å². The summed E-state index contributed by atoms with van der Waals surface area (Å²) in [6, 6.07) is 9.48. The van der Waals surface area contributed by atoms with Crippen LogP contribution in [0.2, 0.25) is 15.2 Å². The van der Waals surface area contributed by atoms with Gasteiger partial charge < -0.3 is 0 Å². The lowest BCUT2D eigenvalue weighted by molar-refractivity contribution is 1.21. The maximum Gasteiger partial charge on any atom is 0.140 e. The highest BCUT2D eigenvalue weighted by molar-refractivity contribution is 6.42. The van der Waals surface area contributed by atoms with Crippen molar-refractivity contribution in [3.8, 4) is 11.1 Å². The van der Waals surface area contributed by atoms with Gasteiger partial charge in [0, 0.05) is 5.39 Å². The van der Waals surface area contributed by atoms with E-state index in [1.807, 2.05) is 31.2 Å². The molecule has 2 nitrogen and oxygen atoms in total. The summed E-state index contributed by atoms with van der Waals surface area (Å²) in [7, 11) is 0. The molecule has 0 saturated heterocycles. The summed E-state index contributed by atoms with van der Waals surface area (Å²) in [4.78, 5) is 8.38. The quantitative estimate of drug-likeness (QED) is 0.547. The SMILES string of the molecule is Cc1ccc(-c2ccc(Cl)c(Cl)c2)c2c(Cl)ncnc12. The van der Waals surface area contributed by atoms with E-state index in [1.54, 1.807) is 6.07 Å². The van der Waals surface area contributed by atoms with Gasteiger partial charge in [-0.2, -0.15) is 0 Å². The fourth-order valence-electron chi connectivity index (χ4n) is 2.18. The van der Waals surface area contributed by atoms with Crippen molar-refractivity contribution in [1.82, 2.24) is 9.97 Å². The molecule has 1 heterocycles. The van der Waals surface area contributed by atoms with Crippen molar-refractivity contribution in [3.63, 3.8) is 0 Å². The van der Waals surface area contributed by atoms with Gasteiger partial charge in [0.2, 0.25) is 0 Å². The van der Waals surface area contributed by atoms with Gasteiger partial charge in [-0.25, -0.2) is 9.97 Å². The number of fused-ring (bicyclic) bond motifs is 1.